The van der Waals surface area contributed by atoms with Gasteiger partial charge in [0.15, 0.2) is 0 Å². The second kappa shape index (κ2) is 4.02. The van der Waals surface area contributed by atoms with E-state index in [1.54, 1.807) is 0 Å². The molecule has 0 radical (unpaired) electrons. The molecule has 0 saturated heterocycles. The standard InChI is InChI=1S/C6H10BBrF2O2/c8-4-2-1-3(7(11)12)5(9)6(4)10/h3-6,11-12H,1-2H2. The Balaban J connectivity index is 2.58. The summed E-state index contributed by atoms with van der Waals surface area (Å²) in [6.07, 6.45) is -2.67. The van der Waals surface area contributed by atoms with Crippen molar-refractivity contribution in [3.8, 4) is 0 Å². The van der Waals surface area contributed by atoms with Crippen LogP contribution in [0.4, 0.5) is 8.78 Å². The van der Waals surface area contributed by atoms with Crippen LogP contribution in [0.3, 0.4) is 0 Å². The van der Waals surface area contributed by atoms with Crippen LogP contribution >= 0.6 is 15.9 Å². The van der Waals surface area contributed by atoms with Gasteiger partial charge >= 0.3 is 7.12 Å². The largest absolute Gasteiger partial charge is 0.457 e. The topological polar surface area (TPSA) is 40.5 Å². The summed E-state index contributed by atoms with van der Waals surface area (Å²) >= 11 is 2.99. The average molecular weight is 243 g/mol. The number of alkyl halides is 3. The molecule has 12 heavy (non-hydrogen) atoms. The summed E-state index contributed by atoms with van der Waals surface area (Å²) in [5.41, 5.74) is 0. The van der Waals surface area contributed by atoms with Crippen LogP contribution in [0.2, 0.25) is 5.82 Å². The summed E-state index contributed by atoms with van der Waals surface area (Å²) in [4.78, 5) is -0.498. The first-order valence-electron chi connectivity index (χ1n) is 3.82. The fourth-order valence-electron chi connectivity index (χ4n) is 1.42. The molecule has 70 valence electrons. The van der Waals surface area contributed by atoms with Crippen molar-refractivity contribution in [1.29, 1.82) is 0 Å². The molecule has 4 unspecified atom stereocenters. The van der Waals surface area contributed by atoms with Crippen molar-refractivity contribution < 1.29 is 18.8 Å². The van der Waals surface area contributed by atoms with E-state index in [0.29, 0.717) is 12.8 Å². The van der Waals surface area contributed by atoms with Gasteiger partial charge in [0.2, 0.25) is 0 Å². The number of halogens is 3. The molecule has 2 nitrogen and oxygen atoms in total. The Kier molecular flexibility index (Phi) is 3.49. The van der Waals surface area contributed by atoms with E-state index in [1.807, 2.05) is 0 Å². The van der Waals surface area contributed by atoms with E-state index in [9.17, 15) is 8.78 Å². The SMILES string of the molecule is OB(O)C1CCC(Br)C(F)C1F. The second-order valence-corrected chi connectivity index (χ2v) is 4.24. The molecule has 1 rings (SSSR count). The van der Waals surface area contributed by atoms with Crippen LogP contribution in [0.15, 0.2) is 0 Å². The Labute approximate surface area is 78.2 Å². The molecule has 1 aliphatic carbocycles. The molecule has 1 fully saturated rings. The van der Waals surface area contributed by atoms with E-state index in [4.69, 9.17) is 10.0 Å². The molecule has 2 N–H and O–H groups in total. The Hall–Kier alpha value is 0.325. The highest BCUT2D eigenvalue weighted by Crippen LogP contribution is 2.37. The van der Waals surface area contributed by atoms with Crippen molar-refractivity contribution in [3.05, 3.63) is 0 Å². The van der Waals surface area contributed by atoms with Crippen LogP contribution in [-0.2, 0) is 0 Å². The van der Waals surface area contributed by atoms with Gasteiger partial charge in [-0.05, 0) is 12.8 Å². The van der Waals surface area contributed by atoms with Gasteiger partial charge in [0.25, 0.3) is 0 Å². The van der Waals surface area contributed by atoms with Gasteiger partial charge in [0.1, 0.15) is 12.3 Å². The van der Waals surface area contributed by atoms with E-state index in [-0.39, 0.29) is 0 Å². The third kappa shape index (κ3) is 1.97. The zero-order chi connectivity index (χ0) is 9.30. The molecule has 1 aliphatic rings. The molecule has 0 spiro atoms. The van der Waals surface area contributed by atoms with Gasteiger partial charge < -0.3 is 10.0 Å². The maximum atomic E-state index is 13.0. The first kappa shape index (κ1) is 10.4. The Morgan fingerprint density at radius 3 is 2.25 bits per heavy atom. The number of hydrogen-bond donors (Lipinski definition) is 2. The van der Waals surface area contributed by atoms with Gasteiger partial charge in [-0.2, -0.15) is 0 Å². The molecule has 0 aromatic heterocycles. The fraction of sp³-hybridized carbons (Fsp3) is 1.00. The highest BCUT2D eigenvalue weighted by Gasteiger charge is 2.44. The normalized spacial score (nSPS) is 42.8. The van der Waals surface area contributed by atoms with Crippen molar-refractivity contribution in [2.45, 2.75) is 35.8 Å². The smallest absolute Gasteiger partial charge is 0.427 e. The predicted molar refractivity (Wildman–Crippen MR) is 45.7 cm³/mol. The van der Waals surface area contributed by atoms with E-state index >= 15 is 0 Å². The first-order valence-corrected chi connectivity index (χ1v) is 4.74. The van der Waals surface area contributed by atoms with Crippen molar-refractivity contribution in [2.24, 2.45) is 0 Å². The number of hydrogen-bond acceptors (Lipinski definition) is 2. The zero-order valence-corrected chi connectivity index (χ0v) is 7.92. The predicted octanol–water partition coefficient (Wildman–Crippen LogP) is 1.06. The third-order valence-electron chi connectivity index (χ3n) is 2.22. The zero-order valence-electron chi connectivity index (χ0n) is 6.33. The van der Waals surface area contributed by atoms with E-state index < -0.39 is 30.1 Å². The Bertz CT molecular complexity index is 160. The van der Waals surface area contributed by atoms with Crippen LogP contribution < -0.4 is 0 Å². The molecule has 0 bridgehead atoms. The van der Waals surface area contributed by atoms with Gasteiger partial charge in [-0.25, -0.2) is 8.78 Å². The van der Waals surface area contributed by atoms with Crippen molar-refractivity contribution >= 4 is 23.0 Å². The van der Waals surface area contributed by atoms with E-state index in [1.165, 1.54) is 0 Å². The average Bonchev–Trinajstić information content (AvgIpc) is 2.00. The van der Waals surface area contributed by atoms with Crippen molar-refractivity contribution in [3.63, 3.8) is 0 Å². The molecule has 0 heterocycles. The van der Waals surface area contributed by atoms with E-state index in [2.05, 4.69) is 15.9 Å². The second-order valence-electron chi connectivity index (χ2n) is 3.06. The Morgan fingerprint density at radius 1 is 1.17 bits per heavy atom. The molecule has 0 aromatic carbocycles. The highest BCUT2D eigenvalue weighted by atomic mass is 79.9. The quantitative estimate of drug-likeness (QED) is 0.534. The van der Waals surface area contributed by atoms with Crippen LogP contribution in [0.5, 0.6) is 0 Å². The lowest BCUT2D eigenvalue weighted by atomic mass is 9.64. The molecule has 6 heteroatoms. The maximum Gasteiger partial charge on any atom is 0.457 e. The van der Waals surface area contributed by atoms with Crippen LogP contribution in [-0.4, -0.2) is 34.3 Å². The molecule has 0 aliphatic heterocycles. The fourth-order valence-corrected chi connectivity index (χ4v) is 1.98. The van der Waals surface area contributed by atoms with Gasteiger partial charge in [0.05, 0.1) is 0 Å². The third-order valence-corrected chi connectivity index (χ3v) is 3.18. The minimum Gasteiger partial charge on any atom is -0.427 e. The summed E-state index contributed by atoms with van der Waals surface area (Å²) in [6.45, 7) is 0. The first-order chi connectivity index (χ1) is 5.54. The molecule has 0 amide bonds. The minimum atomic E-state index is -1.77. The summed E-state index contributed by atoms with van der Waals surface area (Å²) in [6, 6.07) is 0. The van der Waals surface area contributed by atoms with Gasteiger partial charge in [-0.15, -0.1) is 0 Å². The van der Waals surface area contributed by atoms with Crippen LogP contribution in [0, 0.1) is 0 Å². The summed E-state index contributed by atoms with van der Waals surface area (Å²) in [5, 5.41) is 17.4. The summed E-state index contributed by atoms with van der Waals surface area (Å²) < 4.78 is 26.0. The minimum absolute atomic E-state index is 0.301. The van der Waals surface area contributed by atoms with Crippen LogP contribution in [0.25, 0.3) is 0 Å². The lowest BCUT2D eigenvalue weighted by Crippen LogP contribution is -2.42. The summed E-state index contributed by atoms with van der Waals surface area (Å²) in [5.74, 6) is -0.978. The Morgan fingerprint density at radius 2 is 1.75 bits per heavy atom. The maximum absolute atomic E-state index is 13.0. The van der Waals surface area contributed by atoms with Gasteiger partial charge in [0, 0.05) is 10.6 Å². The molecule has 4 atom stereocenters. The van der Waals surface area contributed by atoms with E-state index in [0.717, 1.165) is 0 Å². The number of rotatable bonds is 1. The van der Waals surface area contributed by atoms with Gasteiger partial charge in [-0.3, -0.25) is 0 Å². The molecule has 1 saturated carbocycles. The molecule has 0 aromatic rings. The van der Waals surface area contributed by atoms with Crippen molar-refractivity contribution in [1.82, 2.24) is 0 Å². The van der Waals surface area contributed by atoms with Crippen LogP contribution in [0.1, 0.15) is 12.8 Å². The summed E-state index contributed by atoms with van der Waals surface area (Å²) in [7, 11) is -1.75. The lowest BCUT2D eigenvalue weighted by Gasteiger charge is -2.31. The highest BCUT2D eigenvalue weighted by molar-refractivity contribution is 9.09. The monoisotopic (exact) mass is 242 g/mol. The van der Waals surface area contributed by atoms with Gasteiger partial charge in [-0.1, -0.05) is 15.9 Å². The molecular formula is C6H10BBrF2O2. The lowest BCUT2D eigenvalue weighted by molar-refractivity contribution is 0.114. The van der Waals surface area contributed by atoms with Crippen molar-refractivity contribution in [2.75, 3.05) is 0 Å². The molecular weight excluding hydrogens is 233 g/mol.